The SMILES string of the molecule is CCCCCCCCCC(CCCCCCCCC(=O)OCCC(CCCCC)CCCCC)OCCCN(C)CC. The number of ether oxygens (including phenoxy) is 2. The van der Waals surface area contributed by atoms with Gasteiger partial charge in [0.1, 0.15) is 0 Å². The lowest BCUT2D eigenvalue weighted by atomic mass is 9.92. The summed E-state index contributed by atoms with van der Waals surface area (Å²) in [7, 11) is 2.19. The maximum absolute atomic E-state index is 12.3. The average Bonchev–Trinajstić information content (AvgIpc) is 2.99. The molecule has 42 heavy (non-hydrogen) atoms. The van der Waals surface area contributed by atoms with Gasteiger partial charge < -0.3 is 14.4 Å². The third-order valence-electron chi connectivity index (χ3n) is 9.09. The van der Waals surface area contributed by atoms with Gasteiger partial charge in [-0.1, -0.05) is 156 Å². The molecule has 0 aromatic carbocycles. The van der Waals surface area contributed by atoms with E-state index in [0.29, 0.717) is 19.1 Å². The fraction of sp³-hybridized carbons (Fsp3) is 0.974. The van der Waals surface area contributed by atoms with Crippen LogP contribution in [0.15, 0.2) is 0 Å². The van der Waals surface area contributed by atoms with E-state index in [0.717, 1.165) is 51.3 Å². The lowest BCUT2D eigenvalue weighted by molar-refractivity contribution is -0.144. The van der Waals surface area contributed by atoms with Gasteiger partial charge in [-0.15, -0.1) is 0 Å². The number of nitrogens with zero attached hydrogens (tertiary/aromatic N) is 1. The number of hydrogen-bond acceptors (Lipinski definition) is 4. The molecule has 0 aliphatic rings. The first-order valence-corrected chi connectivity index (χ1v) is 19.0. The highest BCUT2D eigenvalue weighted by Crippen LogP contribution is 2.21. The Labute approximate surface area is 264 Å². The Morgan fingerprint density at radius 3 is 1.57 bits per heavy atom. The van der Waals surface area contributed by atoms with Crippen LogP contribution < -0.4 is 0 Å². The fourth-order valence-corrected chi connectivity index (χ4v) is 5.94. The predicted molar refractivity (Wildman–Crippen MR) is 184 cm³/mol. The van der Waals surface area contributed by atoms with E-state index in [4.69, 9.17) is 9.47 Å². The van der Waals surface area contributed by atoms with Gasteiger partial charge in [0, 0.05) is 19.6 Å². The smallest absolute Gasteiger partial charge is 0.305 e. The Hall–Kier alpha value is -0.610. The molecule has 0 spiro atoms. The molecule has 0 aromatic rings. The summed E-state index contributed by atoms with van der Waals surface area (Å²) in [6.07, 6.45) is 32.9. The number of hydrogen-bond donors (Lipinski definition) is 0. The molecule has 0 radical (unpaired) electrons. The van der Waals surface area contributed by atoms with E-state index in [9.17, 15) is 4.79 Å². The molecule has 0 saturated heterocycles. The molecule has 4 heteroatoms. The van der Waals surface area contributed by atoms with Crippen molar-refractivity contribution >= 4 is 5.97 Å². The monoisotopic (exact) mass is 596 g/mol. The maximum atomic E-state index is 12.3. The van der Waals surface area contributed by atoms with Crippen molar-refractivity contribution in [3.05, 3.63) is 0 Å². The Balaban J connectivity index is 4.00. The van der Waals surface area contributed by atoms with Crippen LogP contribution in [0.2, 0.25) is 0 Å². The third-order valence-corrected chi connectivity index (χ3v) is 9.09. The first-order chi connectivity index (χ1) is 20.6. The molecule has 0 rings (SSSR count). The topological polar surface area (TPSA) is 38.8 Å². The van der Waals surface area contributed by atoms with E-state index in [1.807, 2.05) is 0 Å². The second-order valence-corrected chi connectivity index (χ2v) is 13.2. The number of rotatable bonds is 34. The molecular weight excluding hydrogens is 518 g/mol. The molecule has 0 fully saturated rings. The summed E-state index contributed by atoms with van der Waals surface area (Å²) >= 11 is 0. The van der Waals surface area contributed by atoms with Gasteiger partial charge in [0.25, 0.3) is 0 Å². The molecule has 4 nitrogen and oxygen atoms in total. The van der Waals surface area contributed by atoms with E-state index in [-0.39, 0.29) is 5.97 Å². The number of carbonyl (C=O) groups is 1. The Kier molecular flexibility index (Phi) is 32.8. The van der Waals surface area contributed by atoms with Crippen LogP contribution in [0.1, 0.15) is 195 Å². The molecule has 1 atom stereocenters. The van der Waals surface area contributed by atoms with Crippen molar-refractivity contribution in [2.24, 2.45) is 5.92 Å². The molecule has 0 aliphatic heterocycles. The first kappa shape index (κ1) is 41.4. The van der Waals surface area contributed by atoms with Crippen LogP contribution >= 0.6 is 0 Å². The molecular formula is C38H77NO3. The average molecular weight is 596 g/mol. The van der Waals surface area contributed by atoms with Crippen LogP contribution in [-0.2, 0) is 14.3 Å². The predicted octanol–water partition coefficient (Wildman–Crippen LogP) is 11.7. The zero-order valence-corrected chi connectivity index (χ0v) is 29.5. The Morgan fingerprint density at radius 2 is 1.02 bits per heavy atom. The highest BCUT2D eigenvalue weighted by Gasteiger charge is 2.11. The Morgan fingerprint density at radius 1 is 0.548 bits per heavy atom. The van der Waals surface area contributed by atoms with E-state index in [1.54, 1.807) is 0 Å². The van der Waals surface area contributed by atoms with Crippen molar-refractivity contribution < 1.29 is 14.3 Å². The second kappa shape index (κ2) is 33.3. The maximum Gasteiger partial charge on any atom is 0.305 e. The van der Waals surface area contributed by atoms with E-state index in [2.05, 4.69) is 39.6 Å². The molecule has 0 amide bonds. The summed E-state index contributed by atoms with van der Waals surface area (Å²) in [6, 6.07) is 0. The summed E-state index contributed by atoms with van der Waals surface area (Å²) in [5.74, 6) is 0.755. The lowest BCUT2D eigenvalue weighted by Gasteiger charge is -2.19. The number of carbonyl (C=O) groups excluding carboxylic acids is 1. The van der Waals surface area contributed by atoms with E-state index in [1.165, 1.54) is 135 Å². The zero-order chi connectivity index (χ0) is 30.9. The number of esters is 1. The molecule has 0 aromatic heterocycles. The van der Waals surface area contributed by atoms with Crippen LogP contribution in [0.3, 0.4) is 0 Å². The molecule has 1 unspecified atom stereocenters. The highest BCUT2D eigenvalue weighted by molar-refractivity contribution is 5.69. The minimum absolute atomic E-state index is 0.0198. The van der Waals surface area contributed by atoms with Crippen LogP contribution in [-0.4, -0.2) is 50.3 Å². The van der Waals surface area contributed by atoms with Crippen molar-refractivity contribution in [2.45, 2.75) is 201 Å². The summed E-state index contributed by atoms with van der Waals surface area (Å²) < 4.78 is 12.0. The van der Waals surface area contributed by atoms with Gasteiger partial charge in [0.15, 0.2) is 0 Å². The highest BCUT2D eigenvalue weighted by atomic mass is 16.5. The molecule has 252 valence electrons. The van der Waals surface area contributed by atoms with E-state index >= 15 is 0 Å². The lowest BCUT2D eigenvalue weighted by Crippen LogP contribution is -2.21. The van der Waals surface area contributed by atoms with Gasteiger partial charge in [-0.3, -0.25) is 4.79 Å². The van der Waals surface area contributed by atoms with Gasteiger partial charge in [-0.25, -0.2) is 0 Å². The molecule has 0 aliphatic carbocycles. The summed E-state index contributed by atoms with van der Waals surface area (Å²) in [5, 5.41) is 0. The second-order valence-electron chi connectivity index (χ2n) is 13.2. The molecule has 0 heterocycles. The van der Waals surface area contributed by atoms with Gasteiger partial charge in [-0.2, -0.15) is 0 Å². The van der Waals surface area contributed by atoms with Gasteiger partial charge in [0.2, 0.25) is 0 Å². The molecule has 0 saturated carbocycles. The quantitative estimate of drug-likeness (QED) is 0.0548. The summed E-state index contributed by atoms with van der Waals surface area (Å²) in [6.45, 7) is 12.8. The first-order valence-electron chi connectivity index (χ1n) is 19.0. The van der Waals surface area contributed by atoms with Crippen molar-refractivity contribution in [1.82, 2.24) is 4.90 Å². The van der Waals surface area contributed by atoms with Crippen LogP contribution in [0.5, 0.6) is 0 Å². The van der Waals surface area contributed by atoms with Crippen molar-refractivity contribution in [1.29, 1.82) is 0 Å². The minimum Gasteiger partial charge on any atom is -0.466 e. The normalized spacial score (nSPS) is 12.5. The standard InChI is InChI=1S/C38H77NO3/c1-6-10-13-14-15-18-23-29-37(41-34-26-33-39(5)9-4)30-24-19-16-17-20-25-31-38(40)42-35-32-36(27-21-11-7-2)28-22-12-8-3/h36-37H,6-35H2,1-5H3. The third kappa shape index (κ3) is 29.5. The van der Waals surface area contributed by atoms with Crippen LogP contribution in [0.4, 0.5) is 0 Å². The number of unbranched alkanes of at least 4 members (excludes halogenated alkanes) is 15. The molecule has 0 bridgehead atoms. The van der Waals surface area contributed by atoms with Crippen molar-refractivity contribution in [3.63, 3.8) is 0 Å². The van der Waals surface area contributed by atoms with Gasteiger partial charge in [-0.05, 0) is 51.6 Å². The van der Waals surface area contributed by atoms with E-state index < -0.39 is 0 Å². The summed E-state index contributed by atoms with van der Waals surface area (Å²) in [5.41, 5.74) is 0. The largest absolute Gasteiger partial charge is 0.466 e. The minimum atomic E-state index is 0.0198. The van der Waals surface area contributed by atoms with Gasteiger partial charge >= 0.3 is 5.97 Å². The Bertz CT molecular complexity index is 530. The van der Waals surface area contributed by atoms with Crippen molar-refractivity contribution in [2.75, 3.05) is 33.4 Å². The van der Waals surface area contributed by atoms with Crippen LogP contribution in [0, 0.1) is 5.92 Å². The van der Waals surface area contributed by atoms with Crippen molar-refractivity contribution in [3.8, 4) is 0 Å². The fourth-order valence-electron chi connectivity index (χ4n) is 5.94. The molecule has 0 N–H and O–H groups in total. The summed E-state index contributed by atoms with van der Waals surface area (Å²) in [4.78, 5) is 14.6. The zero-order valence-electron chi connectivity index (χ0n) is 29.5. The van der Waals surface area contributed by atoms with Crippen LogP contribution in [0.25, 0.3) is 0 Å². The van der Waals surface area contributed by atoms with Gasteiger partial charge in [0.05, 0.1) is 12.7 Å².